The number of hydrogen-bond donors (Lipinski definition) is 0. The average molecular weight is 506 g/mol. The third kappa shape index (κ3) is 4.26. The Morgan fingerprint density at radius 1 is 1.11 bits per heavy atom. The fraction of sp³-hybridized carbons (Fsp3) is 0.130. The highest BCUT2D eigenvalue weighted by molar-refractivity contribution is 6.33. The van der Waals surface area contributed by atoms with Gasteiger partial charge in [-0.3, -0.25) is 0 Å². The number of carbonyl (C=O) groups is 2. The van der Waals surface area contributed by atoms with Gasteiger partial charge in [0.05, 0.1) is 36.1 Å². The third-order valence-electron chi connectivity index (χ3n) is 4.90. The lowest BCUT2D eigenvalue weighted by Gasteiger charge is -2.10. The van der Waals surface area contributed by atoms with Gasteiger partial charge in [-0.15, -0.1) is 0 Å². The summed E-state index contributed by atoms with van der Waals surface area (Å²) >= 11 is 6.14. The number of esters is 2. The lowest BCUT2D eigenvalue weighted by atomic mass is 10.0. The van der Waals surface area contributed by atoms with E-state index in [1.54, 1.807) is 6.92 Å². The zero-order chi connectivity index (χ0) is 25.3. The minimum Gasteiger partial charge on any atom is -0.465 e. The fourth-order valence-corrected chi connectivity index (χ4v) is 3.66. The van der Waals surface area contributed by atoms with Crippen LogP contribution in [0.3, 0.4) is 0 Å². The second kappa shape index (κ2) is 9.63. The van der Waals surface area contributed by atoms with Gasteiger partial charge in [0.15, 0.2) is 17.3 Å². The molecule has 0 aliphatic heterocycles. The predicted octanol–water partition coefficient (Wildman–Crippen LogP) is 5.23. The van der Waals surface area contributed by atoms with Gasteiger partial charge in [-0.05, 0) is 31.2 Å². The Hall–Kier alpha value is -4.12. The van der Waals surface area contributed by atoms with E-state index in [4.69, 9.17) is 25.6 Å². The van der Waals surface area contributed by atoms with Crippen molar-refractivity contribution in [3.63, 3.8) is 0 Å². The summed E-state index contributed by atoms with van der Waals surface area (Å²) in [6, 6.07) is 6.50. The summed E-state index contributed by atoms with van der Waals surface area (Å²) in [5.41, 5.74) is -1.66. The molecular formula is C23H15ClF3N3O5. The first kappa shape index (κ1) is 24.0. The number of benzene rings is 2. The molecule has 0 N–H and O–H groups in total. The van der Waals surface area contributed by atoms with Crippen LogP contribution in [0.4, 0.5) is 13.2 Å². The van der Waals surface area contributed by atoms with Crippen molar-refractivity contribution in [3.8, 4) is 28.3 Å². The second-order valence-corrected chi connectivity index (χ2v) is 7.37. The Kier molecular flexibility index (Phi) is 6.61. The molecule has 0 unspecified atom stereocenters. The van der Waals surface area contributed by atoms with Gasteiger partial charge in [-0.1, -0.05) is 22.8 Å². The summed E-state index contributed by atoms with van der Waals surface area (Å²) in [4.78, 5) is 25.6. The van der Waals surface area contributed by atoms with Crippen LogP contribution in [0, 0.1) is 17.5 Å². The van der Waals surface area contributed by atoms with Crippen LogP contribution in [-0.4, -0.2) is 40.6 Å². The smallest absolute Gasteiger partial charge is 0.357 e. The van der Waals surface area contributed by atoms with Crippen molar-refractivity contribution in [1.29, 1.82) is 0 Å². The van der Waals surface area contributed by atoms with E-state index in [0.29, 0.717) is 6.07 Å². The quantitative estimate of drug-likeness (QED) is 0.331. The van der Waals surface area contributed by atoms with Gasteiger partial charge in [-0.2, -0.15) is 5.10 Å². The summed E-state index contributed by atoms with van der Waals surface area (Å²) < 4.78 is 58.7. The molecule has 2 aromatic carbocycles. The van der Waals surface area contributed by atoms with Gasteiger partial charge >= 0.3 is 11.9 Å². The molecule has 2 heterocycles. The number of halogens is 4. The van der Waals surface area contributed by atoms with Crippen LogP contribution in [0.25, 0.3) is 28.3 Å². The predicted molar refractivity (Wildman–Crippen MR) is 117 cm³/mol. The number of methoxy groups -OCH3 is 1. The molecule has 8 nitrogen and oxygen atoms in total. The van der Waals surface area contributed by atoms with Gasteiger partial charge in [-0.25, -0.2) is 27.4 Å². The van der Waals surface area contributed by atoms with Gasteiger partial charge in [0.25, 0.3) is 0 Å². The first-order valence-electron chi connectivity index (χ1n) is 10.0. The lowest BCUT2D eigenvalue weighted by molar-refractivity contribution is 0.0514. The maximum Gasteiger partial charge on any atom is 0.357 e. The summed E-state index contributed by atoms with van der Waals surface area (Å²) in [6.45, 7) is 1.50. The molecule has 0 spiro atoms. The summed E-state index contributed by atoms with van der Waals surface area (Å²) in [5, 5.41) is 7.75. The molecule has 0 fully saturated rings. The highest BCUT2D eigenvalue weighted by Crippen LogP contribution is 2.39. The first-order valence-corrected chi connectivity index (χ1v) is 10.4. The van der Waals surface area contributed by atoms with Gasteiger partial charge < -0.3 is 14.0 Å². The monoisotopic (exact) mass is 505 g/mol. The number of ether oxygens (including phenoxy) is 2. The molecule has 0 bridgehead atoms. The molecule has 2 aromatic heterocycles. The molecule has 0 atom stereocenters. The molecule has 12 heteroatoms. The molecule has 4 rings (SSSR count). The van der Waals surface area contributed by atoms with E-state index in [1.807, 2.05) is 0 Å². The van der Waals surface area contributed by atoms with Crippen molar-refractivity contribution in [2.24, 2.45) is 0 Å². The van der Waals surface area contributed by atoms with Crippen molar-refractivity contribution in [1.82, 2.24) is 14.9 Å². The van der Waals surface area contributed by atoms with Crippen molar-refractivity contribution >= 4 is 23.5 Å². The van der Waals surface area contributed by atoms with Crippen LogP contribution in [0.1, 0.15) is 27.8 Å². The minimum atomic E-state index is -1.02. The van der Waals surface area contributed by atoms with Crippen molar-refractivity contribution < 1.29 is 36.8 Å². The molecule has 35 heavy (non-hydrogen) atoms. The topological polar surface area (TPSA) is 96.5 Å². The van der Waals surface area contributed by atoms with Gasteiger partial charge in [0.1, 0.15) is 28.6 Å². The van der Waals surface area contributed by atoms with Gasteiger partial charge in [0, 0.05) is 6.07 Å². The molecular weight excluding hydrogens is 491 g/mol. The summed E-state index contributed by atoms with van der Waals surface area (Å²) in [7, 11) is 1.08. The number of nitrogens with zero attached hydrogens (tertiary/aromatic N) is 3. The Balaban J connectivity index is 2.00. The first-order chi connectivity index (χ1) is 16.8. The van der Waals surface area contributed by atoms with Crippen LogP contribution in [0.5, 0.6) is 0 Å². The zero-order valence-corrected chi connectivity index (χ0v) is 18.9. The largest absolute Gasteiger partial charge is 0.465 e. The maximum absolute atomic E-state index is 14.6. The van der Waals surface area contributed by atoms with Crippen LogP contribution in [0.15, 0.2) is 47.1 Å². The van der Waals surface area contributed by atoms with Crippen LogP contribution < -0.4 is 0 Å². The lowest BCUT2D eigenvalue weighted by Crippen LogP contribution is -2.14. The van der Waals surface area contributed by atoms with Gasteiger partial charge in [0.2, 0.25) is 0 Å². The highest BCUT2D eigenvalue weighted by atomic mass is 35.5. The summed E-state index contributed by atoms with van der Waals surface area (Å²) in [5.74, 6) is -4.92. The zero-order valence-electron chi connectivity index (χ0n) is 18.1. The Morgan fingerprint density at radius 2 is 1.89 bits per heavy atom. The molecule has 0 amide bonds. The van der Waals surface area contributed by atoms with Crippen LogP contribution in [-0.2, 0) is 9.47 Å². The molecule has 0 saturated heterocycles. The number of hydrogen-bond acceptors (Lipinski definition) is 7. The molecule has 180 valence electrons. The van der Waals surface area contributed by atoms with Crippen molar-refractivity contribution in [3.05, 3.63) is 76.3 Å². The van der Waals surface area contributed by atoms with E-state index in [-0.39, 0.29) is 51.2 Å². The second-order valence-electron chi connectivity index (χ2n) is 6.96. The van der Waals surface area contributed by atoms with Crippen molar-refractivity contribution in [2.45, 2.75) is 6.92 Å². The van der Waals surface area contributed by atoms with Crippen LogP contribution >= 0.6 is 11.6 Å². The fourth-order valence-electron chi connectivity index (χ4n) is 3.41. The number of rotatable bonds is 6. The Morgan fingerprint density at radius 3 is 2.54 bits per heavy atom. The number of aromatic nitrogens is 3. The Labute approximate surface area is 200 Å². The number of carbonyl (C=O) groups excluding carboxylic acids is 2. The molecule has 0 radical (unpaired) electrons. The van der Waals surface area contributed by atoms with Crippen molar-refractivity contribution in [2.75, 3.05) is 13.7 Å². The van der Waals surface area contributed by atoms with E-state index in [9.17, 15) is 22.8 Å². The van der Waals surface area contributed by atoms with E-state index < -0.39 is 29.4 Å². The standard InChI is InChI=1S/C23H15ClF3N3O5/c1-3-34-23(32)20-12(10-28-30(20)16-8-7-11(25)9-15(16)27)21-18(22(31)33-2)19(29-35-21)17-13(24)5-4-6-14(17)26/h4-10H,3H2,1-2H3. The third-order valence-corrected chi connectivity index (χ3v) is 5.22. The van der Waals surface area contributed by atoms with E-state index in [2.05, 4.69) is 10.3 Å². The molecule has 4 aromatic rings. The molecule has 0 aliphatic rings. The average Bonchev–Trinajstić information content (AvgIpc) is 3.43. The highest BCUT2D eigenvalue weighted by Gasteiger charge is 2.33. The SMILES string of the molecule is CCOC(=O)c1c(-c2onc(-c3c(F)cccc3Cl)c2C(=O)OC)cnn1-c1ccc(F)cc1F. The van der Waals surface area contributed by atoms with E-state index in [0.717, 1.165) is 36.2 Å². The minimum absolute atomic E-state index is 0.0499. The van der Waals surface area contributed by atoms with E-state index in [1.165, 1.54) is 12.1 Å². The van der Waals surface area contributed by atoms with E-state index >= 15 is 0 Å². The Bertz CT molecular complexity index is 1430. The summed E-state index contributed by atoms with van der Waals surface area (Å²) in [6.07, 6.45) is 1.09. The molecule has 0 aliphatic carbocycles. The molecule has 0 saturated carbocycles. The normalized spacial score (nSPS) is 10.9. The van der Waals surface area contributed by atoms with Crippen LogP contribution in [0.2, 0.25) is 5.02 Å². The maximum atomic E-state index is 14.6.